The van der Waals surface area contributed by atoms with Crippen LogP contribution in [-0.4, -0.2) is 48.3 Å². The standard InChI is InChI=1S/C35H29ClF6N2O5/c1-48-16-20-11-25-31(33(47)44(32(25)46)23-13-21(34(37,38)39)12-22(14-23)35(40,41)42)26-17-49-29(30(20)26)8-6-19(28-4-2-3-9-43-28)10-18-5-7-24(45)15-27(18)36/h2-5,7,9-10,12-15,25-26,29,31,45H,6,8,11,16-17H2,1H3/b19-10-/t25-,26+,29-,31-/m1/s1. The Kier molecular flexibility index (Phi) is 9.38. The van der Waals surface area contributed by atoms with Crippen molar-refractivity contribution in [2.24, 2.45) is 17.8 Å². The van der Waals surface area contributed by atoms with Crippen LogP contribution in [0.25, 0.3) is 11.6 Å². The van der Waals surface area contributed by atoms with Crippen LogP contribution in [0.3, 0.4) is 0 Å². The Labute approximate surface area is 281 Å². The summed E-state index contributed by atoms with van der Waals surface area (Å²) in [6.07, 6.45) is -6.49. The van der Waals surface area contributed by atoms with Crippen molar-refractivity contribution in [3.05, 3.63) is 99.3 Å². The Hall–Kier alpha value is -4.20. The van der Waals surface area contributed by atoms with Gasteiger partial charge in [-0.15, -0.1) is 0 Å². The number of anilines is 1. The van der Waals surface area contributed by atoms with Crippen LogP contribution in [0.15, 0.2) is 71.9 Å². The predicted molar refractivity (Wildman–Crippen MR) is 167 cm³/mol. The zero-order chi connectivity index (χ0) is 35.2. The summed E-state index contributed by atoms with van der Waals surface area (Å²) in [5, 5.41) is 10.1. The number of hydrogen-bond donors (Lipinski definition) is 1. The highest BCUT2D eigenvalue weighted by Crippen LogP contribution is 2.51. The minimum absolute atomic E-state index is 0.00695. The lowest BCUT2D eigenvalue weighted by Gasteiger charge is -2.31. The summed E-state index contributed by atoms with van der Waals surface area (Å²) in [5.41, 5.74) is -0.479. The van der Waals surface area contributed by atoms with Crippen LogP contribution in [0.5, 0.6) is 5.75 Å². The quantitative estimate of drug-likeness (QED) is 0.145. The number of carbonyl (C=O) groups is 2. The largest absolute Gasteiger partial charge is 0.508 e. The first kappa shape index (κ1) is 34.7. The molecule has 1 aromatic heterocycles. The topological polar surface area (TPSA) is 89.0 Å². The molecule has 2 saturated heterocycles. The molecular weight excluding hydrogens is 678 g/mol. The highest BCUT2D eigenvalue weighted by Gasteiger charge is 2.57. The Morgan fingerprint density at radius 3 is 2.35 bits per heavy atom. The smallest absolute Gasteiger partial charge is 0.416 e. The van der Waals surface area contributed by atoms with Crippen molar-refractivity contribution < 1.29 is 50.5 Å². The predicted octanol–water partition coefficient (Wildman–Crippen LogP) is 7.97. The fourth-order valence-electron chi connectivity index (χ4n) is 7.04. The molecular formula is C35H29ClF6N2O5. The number of aromatic hydroxyl groups is 1. The number of halogens is 7. The molecule has 49 heavy (non-hydrogen) atoms. The molecule has 2 aliphatic heterocycles. The van der Waals surface area contributed by atoms with Crippen molar-refractivity contribution in [1.82, 2.24) is 4.98 Å². The van der Waals surface area contributed by atoms with E-state index < -0.39 is 64.8 Å². The maximum Gasteiger partial charge on any atom is 0.416 e. The number of pyridine rings is 1. The molecule has 2 aromatic carbocycles. The van der Waals surface area contributed by atoms with Gasteiger partial charge in [0.25, 0.3) is 0 Å². The molecule has 3 aliphatic rings. The highest BCUT2D eigenvalue weighted by molar-refractivity contribution is 6.32. The molecule has 3 aromatic rings. The summed E-state index contributed by atoms with van der Waals surface area (Å²) in [6, 6.07) is 10.8. The third kappa shape index (κ3) is 6.84. The molecule has 0 saturated carbocycles. The van der Waals surface area contributed by atoms with Gasteiger partial charge in [-0.05, 0) is 96.2 Å². The molecule has 1 aliphatic carbocycles. The molecule has 6 rings (SSSR count). The van der Waals surface area contributed by atoms with Gasteiger partial charge in [-0.1, -0.05) is 17.7 Å². The summed E-state index contributed by atoms with van der Waals surface area (Å²) in [6.45, 7) is 0.105. The first-order valence-corrected chi connectivity index (χ1v) is 15.6. The first-order valence-electron chi connectivity index (χ1n) is 15.3. The lowest BCUT2D eigenvalue weighted by Crippen LogP contribution is -2.35. The van der Waals surface area contributed by atoms with Gasteiger partial charge in [-0.25, -0.2) is 4.90 Å². The molecule has 2 fully saturated rings. The Bertz CT molecular complexity index is 1810. The number of rotatable bonds is 8. The average molecular weight is 707 g/mol. The second-order valence-corrected chi connectivity index (χ2v) is 12.6. The molecule has 0 bridgehead atoms. The third-order valence-corrected chi connectivity index (χ3v) is 9.47. The Morgan fingerprint density at radius 1 is 1.02 bits per heavy atom. The number of alkyl halides is 6. The van der Waals surface area contributed by atoms with E-state index in [1.54, 1.807) is 18.3 Å². The molecule has 3 heterocycles. The molecule has 0 spiro atoms. The Morgan fingerprint density at radius 2 is 1.73 bits per heavy atom. The van der Waals surface area contributed by atoms with Gasteiger partial charge in [0.1, 0.15) is 5.75 Å². The number of carbonyl (C=O) groups excluding carboxylic acids is 2. The fourth-order valence-corrected chi connectivity index (χ4v) is 7.27. The number of imide groups is 1. The lowest BCUT2D eigenvalue weighted by atomic mass is 9.69. The maximum absolute atomic E-state index is 13.9. The number of fused-ring (bicyclic) bond motifs is 3. The van der Waals surface area contributed by atoms with Crippen molar-refractivity contribution in [1.29, 1.82) is 0 Å². The summed E-state index contributed by atoms with van der Waals surface area (Å²) >= 11 is 6.38. The van der Waals surface area contributed by atoms with Crippen molar-refractivity contribution in [3.8, 4) is 5.75 Å². The number of ether oxygens (including phenoxy) is 2. The summed E-state index contributed by atoms with van der Waals surface area (Å²) < 4.78 is 93.5. The van der Waals surface area contributed by atoms with Crippen molar-refractivity contribution >= 4 is 40.8 Å². The van der Waals surface area contributed by atoms with E-state index in [9.17, 15) is 41.0 Å². The number of hydrogen-bond acceptors (Lipinski definition) is 6. The van der Waals surface area contributed by atoms with Crippen LogP contribution in [0.2, 0.25) is 5.02 Å². The van der Waals surface area contributed by atoms with Gasteiger partial charge in [0, 0.05) is 19.2 Å². The summed E-state index contributed by atoms with van der Waals surface area (Å²) in [7, 11) is 1.46. The number of benzene rings is 2. The molecule has 0 radical (unpaired) electrons. The lowest BCUT2D eigenvalue weighted by molar-refractivity contribution is -0.143. The van der Waals surface area contributed by atoms with E-state index in [4.69, 9.17) is 21.1 Å². The van der Waals surface area contributed by atoms with Gasteiger partial charge in [0.15, 0.2) is 0 Å². The number of allylic oxidation sites excluding steroid dienone is 1. The van der Waals surface area contributed by atoms with E-state index in [-0.39, 0.29) is 31.5 Å². The Balaban J connectivity index is 1.31. The first-order chi connectivity index (χ1) is 23.2. The van der Waals surface area contributed by atoms with Crippen LogP contribution < -0.4 is 4.90 Å². The van der Waals surface area contributed by atoms with Gasteiger partial charge in [-0.2, -0.15) is 26.3 Å². The van der Waals surface area contributed by atoms with Crippen molar-refractivity contribution in [3.63, 3.8) is 0 Å². The van der Waals surface area contributed by atoms with Gasteiger partial charge < -0.3 is 14.6 Å². The van der Waals surface area contributed by atoms with Crippen LogP contribution in [0.1, 0.15) is 41.6 Å². The second-order valence-electron chi connectivity index (χ2n) is 12.2. The number of methoxy groups -OCH3 is 1. The fraction of sp³-hybridized carbons (Fsp3) is 0.343. The zero-order valence-electron chi connectivity index (χ0n) is 25.8. The van der Waals surface area contributed by atoms with Gasteiger partial charge in [-0.3, -0.25) is 14.6 Å². The normalized spacial score (nSPS) is 22.9. The number of amides is 2. The minimum Gasteiger partial charge on any atom is -0.508 e. The van der Waals surface area contributed by atoms with Crippen LogP contribution in [0.4, 0.5) is 32.0 Å². The molecule has 1 N–H and O–H groups in total. The van der Waals surface area contributed by atoms with Crippen molar-refractivity contribution in [2.45, 2.75) is 37.7 Å². The second kappa shape index (κ2) is 13.3. The zero-order valence-corrected chi connectivity index (χ0v) is 26.6. The molecule has 4 atom stereocenters. The van der Waals surface area contributed by atoms with Crippen LogP contribution in [-0.2, 0) is 31.4 Å². The van der Waals surface area contributed by atoms with E-state index >= 15 is 0 Å². The van der Waals surface area contributed by atoms with Crippen LogP contribution in [0, 0.1) is 17.8 Å². The van der Waals surface area contributed by atoms with Crippen LogP contribution >= 0.6 is 11.6 Å². The number of aromatic nitrogens is 1. The number of nitrogens with zero attached hydrogens (tertiary/aromatic N) is 2. The maximum atomic E-state index is 13.9. The van der Waals surface area contributed by atoms with E-state index in [2.05, 4.69) is 4.98 Å². The third-order valence-electron chi connectivity index (χ3n) is 9.14. The SMILES string of the molecule is COCC1=C2[C@@H](CC/C(=C/c3ccc(O)cc3Cl)c3ccccn3)OC[C@@H]2[C@@H]2C(=O)N(c3cc(C(F)(F)F)cc(C(F)(F)F)c3)C(=O)[C@@H]2C1. The molecule has 14 heteroatoms. The van der Waals surface area contributed by atoms with Crippen molar-refractivity contribution in [2.75, 3.05) is 25.2 Å². The van der Waals surface area contributed by atoms with E-state index in [1.807, 2.05) is 18.2 Å². The molecule has 2 amide bonds. The summed E-state index contributed by atoms with van der Waals surface area (Å²) in [5.74, 6) is -4.44. The number of phenols is 1. The van der Waals surface area contributed by atoms with Gasteiger partial charge >= 0.3 is 12.4 Å². The van der Waals surface area contributed by atoms with Gasteiger partial charge in [0.05, 0.1) is 58.7 Å². The van der Waals surface area contributed by atoms with E-state index in [0.29, 0.717) is 51.7 Å². The number of phenolic OH excluding ortho intramolecular Hbond substituents is 1. The molecule has 7 nitrogen and oxygen atoms in total. The van der Waals surface area contributed by atoms with Gasteiger partial charge in [0.2, 0.25) is 11.8 Å². The summed E-state index contributed by atoms with van der Waals surface area (Å²) in [4.78, 5) is 32.5. The molecule has 258 valence electrons. The molecule has 0 unspecified atom stereocenters. The minimum atomic E-state index is -5.16. The highest BCUT2D eigenvalue weighted by atomic mass is 35.5. The monoisotopic (exact) mass is 706 g/mol. The van der Waals surface area contributed by atoms with E-state index in [0.717, 1.165) is 11.1 Å². The average Bonchev–Trinajstić information content (AvgIpc) is 3.57. The van der Waals surface area contributed by atoms with E-state index in [1.165, 1.54) is 19.2 Å².